The summed E-state index contributed by atoms with van der Waals surface area (Å²) in [7, 11) is -3.33. The smallest absolute Gasteiger partial charge is 0.251 e. The molecule has 2 rings (SSSR count). The Bertz CT molecular complexity index is 829. The van der Waals surface area contributed by atoms with E-state index in [1.807, 2.05) is 24.3 Å². The lowest BCUT2D eigenvalue weighted by atomic mass is 10.1. The molecule has 0 bridgehead atoms. The molecule has 26 heavy (non-hydrogen) atoms. The fraction of sp³-hybridized carbons (Fsp3) is 0.316. The number of rotatable bonds is 8. The largest absolute Gasteiger partial charge is 0.493 e. The summed E-state index contributed by atoms with van der Waals surface area (Å²) in [6.07, 6.45) is 1.08. The van der Waals surface area contributed by atoms with Gasteiger partial charge in [-0.15, -0.1) is 0 Å². The summed E-state index contributed by atoms with van der Waals surface area (Å²) in [5.41, 5.74) is 1.84. The monoisotopic (exact) mass is 376 g/mol. The van der Waals surface area contributed by atoms with Crippen LogP contribution >= 0.6 is 0 Å². The molecule has 0 spiro atoms. The molecule has 0 unspecified atom stereocenters. The van der Waals surface area contributed by atoms with Crippen molar-refractivity contribution in [3.05, 3.63) is 59.7 Å². The van der Waals surface area contributed by atoms with E-state index < -0.39 is 10.0 Å². The summed E-state index contributed by atoms with van der Waals surface area (Å²) < 4.78 is 30.3. The Balaban J connectivity index is 1.88. The molecule has 2 aromatic carbocycles. The van der Waals surface area contributed by atoms with Gasteiger partial charge in [-0.25, -0.2) is 8.42 Å². The van der Waals surface area contributed by atoms with Crippen LogP contribution in [0.15, 0.2) is 48.5 Å². The fourth-order valence-electron chi connectivity index (χ4n) is 2.15. The van der Waals surface area contributed by atoms with Gasteiger partial charge in [-0.2, -0.15) is 0 Å². The molecular formula is C19H24N2O4S. The normalized spacial score (nSPS) is 11.2. The maximum absolute atomic E-state index is 12.2. The summed E-state index contributed by atoms with van der Waals surface area (Å²) in [5.74, 6) is 1.05. The fourth-order valence-corrected chi connectivity index (χ4v) is 2.72. The van der Waals surface area contributed by atoms with E-state index in [0.29, 0.717) is 30.3 Å². The van der Waals surface area contributed by atoms with Crippen molar-refractivity contribution in [3.63, 3.8) is 0 Å². The highest BCUT2D eigenvalue weighted by atomic mass is 32.2. The van der Waals surface area contributed by atoms with Gasteiger partial charge in [0.2, 0.25) is 10.0 Å². The molecule has 7 heteroatoms. The zero-order chi connectivity index (χ0) is 19.2. The third-order valence-corrected chi connectivity index (χ3v) is 4.02. The topological polar surface area (TPSA) is 84.5 Å². The maximum atomic E-state index is 12.2. The van der Waals surface area contributed by atoms with E-state index in [1.54, 1.807) is 24.3 Å². The predicted octanol–water partition coefficient (Wildman–Crippen LogP) is 3.02. The number of hydrogen-bond donors (Lipinski definition) is 2. The van der Waals surface area contributed by atoms with Gasteiger partial charge in [0.25, 0.3) is 5.91 Å². The molecule has 0 saturated carbocycles. The minimum Gasteiger partial charge on any atom is -0.493 e. The van der Waals surface area contributed by atoms with Crippen LogP contribution in [0.3, 0.4) is 0 Å². The number of carbonyl (C=O) groups excluding carboxylic acids is 1. The molecule has 1 amide bonds. The lowest BCUT2D eigenvalue weighted by molar-refractivity contribution is 0.0951. The average molecular weight is 376 g/mol. The third-order valence-electron chi connectivity index (χ3n) is 3.41. The van der Waals surface area contributed by atoms with Gasteiger partial charge in [-0.3, -0.25) is 9.52 Å². The molecule has 0 saturated heterocycles. The molecule has 0 aliphatic heterocycles. The number of amides is 1. The third kappa shape index (κ3) is 6.76. The van der Waals surface area contributed by atoms with Crippen molar-refractivity contribution in [2.24, 2.45) is 5.92 Å². The lowest BCUT2D eigenvalue weighted by Gasteiger charge is -2.10. The van der Waals surface area contributed by atoms with Gasteiger partial charge in [0.05, 0.1) is 12.9 Å². The van der Waals surface area contributed by atoms with Crippen molar-refractivity contribution < 1.29 is 17.9 Å². The Morgan fingerprint density at radius 2 is 1.65 bits per heavy atom. The summed E-state index contributed by atoms with van der Waals surface area (Å²) in [6, 6.07) is 13.8. The molecule has 140 valence electrons. The maximum Gasteiger partial charge on any atom is 0.251 e. The second-order valence-electron chi connectivity index (χ2n) is 6.48. The van der Waals surface area contributed by atoms with Crippen LogP contribution in [0.25, 0.3) is 0 Å². The summed E-state index contributed by atoms with van der Waals surface area (Å²) in [5, 5.41) is 2.83. The zero-order valence-electron chi connectivity index (χ0n) is 15.2. The first-order valence-electron chi connectivity index (χ1n) is 8.31. The highest BCUT2D eigenvalue weighted by molar-refractivity contribution is 7.92. The van der Waals surface area contributed by atoms with Crippen molar-refractivity contribution >= 4 is 21.6 Å². The summed E-state index contributed by atoms with van der Waals surface area (Å²) >= 11 is 0. The predicted molar refractivity (Wildman–Crippen MR) is 103 cm³/mol. The minimum absolute atomic E-state index is 0.226. The molecule has 2 aromatic rings. The van der Waals surface area contributed by atoms with Gasteiger partial charge < -0.3 is 10.1 Å². The van der Waals surface area contributed by atoms with E-state index in [9.17, 15) is 13.2 Å². The molecule has 0 aliphatic carbocycles. The van der Waals surface area contributed by atoms with E-state index >= 15 is 0 Å². The second kappa shape index (κ2) is 8.71. The number of ether oxygens (including phenoxy) is 1. The van der Waals surface area contributed by atoms with Gasteiger partial charge in [-0.1, -0.05) is 26.0 Å². The molecule has 0 aromatic heterocycles. The van der Waals surface area contributed by atoms with Gasteiger partial charge in [-0.05, 0) is 47.9 Å². The van der Waals surface area contributed by atoms with Crippen molar-refractivity contribution in [3.8, 4) is 5.75 Å². The Morgan fingerprint density at radius 3 is 2.19 bits per heavy atom. The Labute approximate surface area is 154 Å². The highest BCUT2D eigenvalue weighted by Gasteiger charge is 2.07. The van der Waals surface area contributed by atoms with E-state index in [-0.39, 0.29) is 5.91 Å². The van der Waals surface area contributed by atoms with Crippen molar-refractivity contribution in [1.82, 2.24) is 5.32 Å². The van der Waals surface area contributed by atoms with E-state index in [2.05, 4.69) is 23.9 Å². The molecule has 0 atom stereocenters. The van der Waals surface area contributed by atoms with E-state index in [1.165, 1.54) is 0 Å². The number of anilines is 1. The SMILES string of the molecule is CC(C)COc1ccc(CNC(=O)c2ccc(NS(C)(=O)=O)cc2)cc1. The number of carbonyl (C=O) groups is 1. The summed E-state index contributed by atoms with van der Waals surface area (Å²) in [6.45, 7) is 5.24. The van der Waals surface area contributed by atoms with Crippen molar-refractivity contribution in [1.29, 1.82) is 0 Å². The Morgan fingerprint density at radius 1 is 1.04 bits per heavy atom. The number of nitrogens with one attached hydrogen (secondary N) is 2. The molecule has 0 aliphatic rings. The van der Waals surface area contributed by atoms with E-state index in [0.717, 1.165) is 17.6 Å². The quantitative estimate of drug-likeness (QED) is 0.742. The first kappa shape index (κ1) is 19.8. The van der Waals surface area contributed by atoms with Crippen LogP contribution in [-0.2, 0) is 16.6 Å². The number of benzene rings is 2. The number of hydrogen-bond acceptors (Lipinski definition) is 4. The average Bonchev–Trinajstić information content (AvgIpc) is 2.58. The van der Waals surface area contributed by atoms with Gasteiger partial charge in [0.1, 0.15) is 5.75 Å². The molecule has 2 N–H and O–H groups in total. The van der Waals surface area contributed by atoms with Crippen LogP contribution in [0, 0.1) is 5.92 Å². The first-order chi connectivity index (χ1) is 12.2. The minimum atomic E-state index is -3.33. The van der Waals surface area contributed by atoms with Crippen molar-refractivity contribution in [2.45, 2.75) is 20.4 Å². The second-order valence-corrected chi connectivity index (χ2v) is 8.23. The van der Waals surface area contributed by atoms with Crippen LogP contribution in [0.4, 0.5) is 5.69 Å². The molecule has 0 radical (unpaired) electrons. The molecule has 6 nitrogen and oxygen atoms in total. The number of sulfonamides is 1. The summed E-state index contributed by atoms with van der Waals surface area (Å²) in [4.78, 5) is 12.2. The van der Waals surface area contributed by atoms with E-state index in [4.69, 9.17) is 4.74 Å². The van der Waals surface area contributed by atoms with Crippen LogP contribution in [0.1, 0.15) is 29.8 Å². The lowest BCUT2D eigenvalue weighted by Crippen LogP contribution is -2.22. The molecule has 0 fully saturated rings. The van der Waals surface area contributed by atoms with Crippen LogP contribution in [-0.4, -0.2) is 27.2 Å². The zero-order valence-corrected chi connectivity index (χ0v) is 16.0. The van der Waals surface area contributed by atoms with Gasteiger partial charge >= 0.3 is 0 Å². The molecular weight excluding hydrogens is 352 g/mol. The van der Waals surface area contributed by atoms with Crippen molar-refractivity contribution in [2.75, 3.05) is 17.6 Å². The Hall–Kier alpha value is -2.54. The van der Waals surface area contributed by atoms with Gasteiger partial charge in [0.15, 0.2) is 0 Å². The van der Waals surface area contributed by atoms with Crippen LogP contribution in [0.5, 0.6) is 5.75 Å². The highest BCUT2D eigenvalue weighted by Crippen LogP contribution is 2.14. The van der Waals surface area contributed by atoms with Crippen LogP contribution in [0.2, 0.25) is 0 Å². The van der Waals surface area contributed by atoms with Gasteiger partial charge in [0, 0.05) is 17.8 Å². The molecule has 0 heterocycles. The van der Waals surface area contributed by atoms with Crippen LogP contribution < -0.4 is 14.8 Å². The standard InChI is InChI=1S/C19H24N2O4S/c1-14(2)13-25-18-10-4-15(5-11-18)12-20-19(22)16-6-8-17(9-7-16)21-26(3,23)24/h4-11,14,21H,12-13H2,1-3H3,(H,20,22). The Kier molecular flexibility index (Phi) is 6.63. The first-order valence-corrected chi connectivity index (χ1v) is 10.2.